The fourth-order valence-electron chi connectivity index (χ4n) is 4.55. The smallest absolute Gasteiger partial charge is 0.251 e. The molecule has 2 aliphatic rings. The monoisotopic (exact) mass is 587 g/mol. The van der Waals surface area contributed by atoms with Gasteiger partial charge in [0, 0.05) is 11.6 Å². The van der Waals surface area contributed by atoms with Gasteiger partial charge in [-0.1, -0.05) is 0 Å². The minimum Gasteiger partial charge on any atom is -0.497 e. The number of halogens is 2. The highest BCUT2D eigenvalue weighted by Crippen LogP contribution is 2.31. The van der Waals surface area contributed by atoms with Gasteiger partial charge in [0.15, 0.2) is 6.29 Å². The Morgan fingerprint density at radius 1 is 0.829 bits per heavy atom. The number of amides is 1. The van der Waals surface area contributed by atoms with Crippen molar-refractivity contribution in [1.82, 2.24) is 5.32 Å². The van der Waals surface area contributed by atoms with Crippen molar-refractivity contribution in [2.24, 2.45) is 0 Å². The quantitative estimate of drug-likeness (QED) is 0.178. The van der Waals surface area contributed by atoms with Gasteiger partial charge in [0.25, 0.3) is 5.91 Å². The molecule has 0 saturated carbocycles. The summed E-state index contributed by atoms with van der Waals surface area (Å²) in [6.45, 7) is -1.54. The SMILES string of the molecule is COc1ccc(O[C@@H]2O[C@H](CO)[C@H](O[C@H]3O[C@H](CO)[C@H](O)[C@H](NC(=O)c4cc(F)cc(F)c4)[C@H]3O)[C@H](O)[C@H]2O)cc1. The zero-order chi connectivity index (χ0) is 29.8. The average Bonchev–Trinajstić information content (AvgIpc) is 2.95. The van der Waals surface area contributed by atoms with E-state index in [1.165, 1.54) is 19.2 Å². The zero-order valence-corrected chi connectivity index (χ0v) is 21.6. The molecule has 2 aromatic rings. The Labute approximate surface area is 232 Å². The van der Waals surface area contributed by atoms with E-state index in [9.17, 15) is 44.2 Å². The van der Waals surface area contributed by atoms with Crippen LogP contribution >= 0.6 is 0 Å². The maximum absolute atomic E-state index is 13.6. The van der Waals surface area contributed by atoms with Gasteiger partial charge in [0.05, 0.1) is 26.4 Å². The van der Waals surface area contributed by atoms with E-state index in [2.05, 4.69) is 5.32 Å². The number of ether oxygens (including phenoxy) is 5. The Morgan fingerprint density at radius 3 is 2.00 bits per heavy atom. The number of hydrogen-bond acceptors (Lipinski definition) is 12. The first kappa shape index (κ1) is 31.0. The van der Waals surface area contributed by atoms with Crippen molar-refractivity contribution in [1.29, 1.82) is 0 Å². The number of carbonyl (C=O) groups excluding carboxylic acids is 1. The van der Waals surface area contributed by atoms with E-state index >= 15 is 0 Å². The molecule has 0 aromatic heterocycles. The van der Waals surface area contributed by atoms with Crippen molar-refractivity contribution in [2.75, 3.05) is 20.3 Å². The number of carbonyl (C=O) groups is 1. The Kier molecular flexibility index (Phi) is 10.1. The Balaban J connectivity index is 1.48. The van der Waals surface area contributed by atoms with Gasteiger partial charge in [0.1, 0.15) is 65.9 Å². The molecule has 7 N–H and O–H groups in total. The minimum absolute atomic E-state index is 0.251. The number of rotatable bonds is 9. The number of nitrogens with one attached hydrogen (secondary N) is 1. The third kappa shape index (κ3) is 6.91. The van der Waals surface area contributed by atoms with Crippen molar-refractivity contribution < 1.29 is 67.9 Å². The van der Waals surface area contributed by atoms with Gasteiger partial charge >= 0.3 is 0 Å². The van der Waals surface area contributed by atoms with Gasteiger partial charge in [-0.05, 0) is 36.4 Å². The molecule has 15 heteroatoms. The van der Waals surface area contributed by atoms with E-state index < -0.39 is 97.7 Å². The van der Waals surface area contributed by atoms with Crippen LogP contribution in [0.1, 0.15) is 10.4 Å². The fourth-order valence-corrected chi connectivity index (χ4v) is 4.55. The van der Waals surface area contributed by atoms with Gasteiger partial charge in [-0.25, -0.2) is 8.78 Å². The molecular weight excluding hydrogens is 556 g/mol. The van der Waals surface area contributed by atoms with Crippen LogP contribution in [0.3, 0.4) is 0 Å². The summed E-state index contributed by atoms with van der Waals surface area (Å²) in [5.41, 5.74) is -0.450. The number of aliphatic hydroxyl groups is 6. The molecule has 41 heavy (non-hydrogen) atoms. The van der Waals surface area contributed by atoms with Crippen LogP contribution in [0.25, 0.3) is 0 Å². The minimum atomic E-state index is -1.87. The largest absolute Gasteiger partial charge is 0.497 e. The Bertz CT molecular complexity index is 1150. The first-order chi connectivity index (χ1) is 19.6. The summed E-state index contributed by atoms with van der Waals surface area (Å²) < 4.78 is 54.5. The van der Waals surface area contributed by atoms with E-state index in [1.54, 1.807) is 12.1 Å². The Morgan fingerprint density at radius 2 is 1.41 bits per heavy atom. The van der Waals surface area contributed by atoms with Gasteiger partial charge in [0.2, 0.25) is 6.29 Å². The number of hydrogen-bond donors (Lipinski definition) is 7. The number of methoxy groups -OCH3 is 1. The second kappa shape index (κ2) is 13.3. The first-order valence-corrected chi connectivity index (χ1v) is 12.5. The van der Waals surface area contributed by atoms with Crippen molar-refractivity contribution in [2.45, 2.75) is 61.3 Å². The van der Waals surface area contributed by atoms with E-state index in [0.29, 0.717) is 11.8 Å². The van der Waals surface area contributed by atoms with Crippen molar-refractivity contribution >= 4 is 5.91 Å². The van der Waals surface area contributed by atoms with Gasteiger partial charge in [-0.2, -0.15) is 0 Å². The molecule has 1 amide bonds. The molecular formula is C26H31F2NO12. The Hall–Kier alpha value is -2.99. The van der Waals surface area contributed by atoms with Crippen LogP contribution < -0.4 is 14.8 Å². The summed E-state index contributed by atoms with van der Waals surface area (Å²) in [4.78, 5) is 12.7. The lowest BCUT2D eigenvalue weighted by molar-refractivity contribution is -0.343. The predicted octanol–water partition coefficient (Wildman–Crippen LogP) is -1.59. The summed E-state index contributed by atoms with van der Waals surface area (Å²) in [6.07, 6.45) is -14.5. The third-order valence-electron chi connectivity index (χ3n) is 6.73. The van der Waals surface area contributed by atoms with Crippen LogP contribution in [0.5, 0.6) is 11.5 Å². The molecule has 2 aromatic carbocycles. The number of aliphatic hydroxyl groups excluding tert-OH is 6. The molecule has 0 bridgehead atoms. The summed E-state index contributed by atoms with van der Waals surface area (Å²) in [6, 6.07) is 6.66. The lowest BCUT2D eigenvalue weighted by atomic mass is 9.94. The molecule has 226 valence electrons. The summed E-state index contributed by atoms with van der Waals surface area (Å²) in [5, 5.41) is 64.9. The van der Waals surface area contributed by atoms with E-state index in [1.807, 2.05) is 0 Å². The summed E-state index contributed by atoms with van der Waals surface area (Å²) in [5.74, 6) is -2.34. The lowest BCUT2D eigenvalue weighted by Crippen LogP contribution is -2.67. The molecule has 0 unspecified atom stereocenters. The van der Waals surface area contributed by atoms with Crippen LogP contribution in [0.2, 0.25) is 0 Å². The van der Waals surface area contributed by atoms with Crippen LogP contribution in [0, 0.1) is 11.6 Å². The zero-order valence-electron chi connectivity index (χ0n) is 21.6. The van der Waals surface area contributed by atoms with Gasteiger partial charge in [-0.3, -0.25) is 4.79 Å². The van der Waals surface area contributed by atoms with Crippen LogP contribution in [0.15, 0.2) is 42.5 Å². The second-order valence-electron chi connectivity index (χ2n) is 9.46. The molecule has 2 aliphatic heterocycles. The maximum Gasteiger partial charge on any atom is 0.251 e. The topological polar surface area (TPSA) is 197 Å². The van der Waals surface area contributed by atoms with Gasteiger partial charge in [-0.15, -0.1) is 0 Å². The second-order valence-corrected chi connectivity index (χ2v) is 9.46. The molecule has 4 rings (SSSR count). The average molecular weight is 588 g/mol. The van der Waals surface area contributed by atoms with E-state index in [-0.39, 0.29) is 5.75 Å². The molecule has 0 aliphatic carbocycles. The number of benzene rings is 2. The van der Waals surface area contributed by atoms with E-state index in [4.69, 9.17) is 23.7 Å². The molecule has 0 radical (unpaired) electrons. The normalized spacial score (nSPS) is 33.7. The lowest BCUT2D eigenvalue weighted by Gasteiger charge is -2.46. The van der Waals surface area contributed by atoms with Gasteiger partial charge < -0.3 is 59.6 Å². The highest BCUT2D eigenvalue weighted by molar-refractivity contribution is 5.94. The molecule has 2 fully saturated rings. The standard InChI is InChI=1S/C26H31F2NO12/c1-37-14-2-4-15(5-3-14)38-26-22(35)21(34)23(17(10-31)40-26)41-25-20(33)18(19(32)16(9-30)39-25)29-24(36)11-6-12(27)8-13(28)7-11/h2-8,16-23,25-26,30-35H,9-10H2,1H3,(H,29,36)/t16-,17-,18+,19+,20-,21-,22-,23+,25-,26-/m1/s1. The molecule has 2 heterocycles. The van der Waals surface area contributed by atoms with Crippen LogP contribution in [-0.2, 0) is 14.2 Å². The summed E-state index contributed by atoms with van der Waals surface area (Å²) in [7, 11) is 1.48. The molecule has 13 nitrogen and oxygen atoms in total. The van der Waals surface area contributed by atoms with E-state index in [0.717, 1.165) is 12.1 Å². The molecule has 0 spiro atoms. The third-order valence-corrected chi connectivity index (χ3v) is 6.73. The van der Waals surface area contributed by atoms with Crippen LogP contribution in [-0.4, -0.2) is 118 Å². The maximum atomic E-state index is 13.6. The van der Waals surface area contributed by atoms with Crippen molar-refractivity contribution in [3.05, 3.63) is 59.7 Å². The predicted molar refractivity (Wildman–Crippen MR) is 132 cm³/mol. The highest BCUT2D eigenvalue weighted by atomic mass is 19.1. The molecule has 2 saturated heterocycles. The molecule has 10 atom stereocenters. The summed E-state index contributed by atoms with van der Waals surface area (Å²) >= 11 is 0. The highest BCUT2D eigenvalue weighted by Gasteiger charge is 2.51. The van der Waals surface area contributed by atoms with Crippen molar-refractivity contribution in [3.8, 4) is 11.5 Å². The van der Waals surface area contributed by atoms with Crippen molar-refractivity contribution in [3.63, 3.8) is 0 Å². The first-order valence-electron chi connectivity index (χ1n) is 12.5. The fraction of sp³-hybridized carbons (Fsp3) is 0.500. The van der Waals surface area contributed by atoms with Crippen LogP contribution in [0.4, 0.5) is 8.78 Å².